The molecule has 4 nitrogen and oxygen atoms in total. The molecule has 1 saturated carbocycles. The lowest BCUT2D eigenvalue weighted by molar-refractivity contribution is 0.340. The number of aliphatic imine (C=N–C) groups is 1. The fourth-order valence-electron chi connectivity index (χ4n) is 2.15. The lowest BCUT2D eigenvalue weighted by Gasteiger charge is -2.09. The molecule has 4 heteroatoms. The van der Waals surface area contributed by atoms with Gasteiger partial charge in [-0.2, -0.15) is 0 Å². The average molecular weight is 247 g/mol. The summed E-state index contributed by atoms with van der Waals surface area (Å²) in [5.74, 6) is 2.37. The fraction of sp³-hybridized carbons (Fsp3) is 0.500. The second kappa shape index (κ2) is 5.76. The molecule has 0 amide bonds. The molecule has 1 aliphatic rings. The van der Waals surface area contributed by atoms with Crippen LogP contribution in [-0.4, -0.2) is 32.7 Å². The Labute approximate surface area is 108 Å². The topological polar surface area (TPSA) is 45.6 Å². The third-order valence-electron chi connectivity index (χ3n) is 3.17. The Bertz CT molecular complexity index is 431. The maximum atomic E-state index is 5.53. The lowest BCUT2D eigenvalue weighted by Crippen LogP contribution is -2.36. The van der Waals surface area contributed by atoms with Crippen molar-refractivity contribution in [3.63, 3.8) is 0 Å². The Kier molecular flexibility index (Phi) is 4.07. The van der Waals surface area contributed by atoms with Gasteiger partial charge >= 0.3 is 0 Å². The first-order chi connectivity index (χ1) is 8.78. The minimum atomic E-state index is 0.480. The Morgan fingerprint density at radius 3 is 3.00 bits per heavy atom. The number of rotatable bonds is 4. The van der Waals surface area contributed by atoms with E-state index >= 15 is 0 Å². The van der Waals surface area contributed by atoms with Crippen LogP contribution in [-0.2, 0) is 0 Å². The van der Waals surface area contributed by atoms with E-state index in [4.69, 9.17) is 4.74 Å². The fourth-order valence-corrected chi connectivity index (χ4v) is 2.15. The van der Waals surface area contributed by atoms with Crippen molar-refractivity contribution in [3.05, 3.63) is 29.8 Å². The minimum absolute atomic E-state index is 0.480. The van der Waals surface area contributed by atoms with Gasteiger partial charge in [0, 0.05) is 26.1 Å². The Hall–Kier alpha value is -1.71. The maximum absolute atomic E-state index is 5.53. The van der Waals surface area contributed by atoms with Crippen LogP contribution in [0.4, 0.5) is 0 Å². The molecule has 1 aromatic rings. The Balaban J connectivity index is 1.96. The molecule has 0 spiro atoms. The number of nitrogens with zero attached hydrogens (tertiary/aromatic N) is 1. The number of hydrogen-bond donors (Lipinski definition) is 2. The molecule has 98 valence electrons. The summed E-state index contributed by atoms with van der Waals surface area (Å²) in [5, 5.41) is 6.43. The third-order valence-corrected chi connectivity index (χ3v) is 3.17. The lowest BCUT2D eigenvalue weighted by atomic mass is 10.1. The zero-order valence-corrected chi connectivity index (χ0v) is 11.2. The average Bonchev–Trinajstić information content (AvgIpc) is 3.16. The van der Waals surface area contributed by atoms with Gasteiger partial charge in [-0.05, 0) is 31.0 Å². The van der Waals surface area contributed by atoms with Crippen LogP contribution in [0.5, 0.6) is 5.75 Å². The van der Waals surface area contributed by atoms with E-state index in [-0.39, 0.29) is 0 Å². The Morgan fingerprint density at radius 2 is 2.33 bits per heavy atom. The van der Waals surface area contributed by atoms with Crippen molar-refractivity contribution in [1.82, 2.24) is 10.6 Å². The van der Waals surface area contributed by atoms with Gasteiger partial charge in [0.2, 0.25) is 0 Å². The van der Waals surface area contributed by atoms with E-state index in [1.807, 2.05) is 20.0 Å². The van der Waals surface area contributed by atoms with E-state index in [2.05, 4.69) is 33.8 Å². The summed E-state index contributed by atoms with van der Waals surface area (Å²) < 4.78 is 5.53. The predicted octanol–water partition coefficient (Wildman–Crippen LogP) is 1.74. The largest absolute Gasteiger partial charge is 0.494 e. The molecule has 2 rings (SSSR count). The highest BCUT2D eigenvalue weighted by Crippen LogP contribution is 2.41. The van der Waals surface area contributed by atoms with E-state index in [0.717, 1.165) is 18.1 Å². The van der Waals surface area contributed by atoms with E-state index in [9.17, 15) is 0 Å². The van der Waals surface area contributed by atoms with Gasteiger partial charge in [0.15, 0.2) is 5.96 Å². The monoisotopic (exact) mass is 247 g/mol. The van der Waals surface area contributed by atoms with Crippen LogP contribution in [0, 0.1) is 0 Å². The van der Waals surface area contributed by atoms with Crippen molar-refractivity contribution < 1.29 is 4.74 Å². The van der Waals surface area contributed by atoms with Crippen LogP contribution in [0.15, 0.2) is 29.3 Å². The normalized spacial score (nSPS) is 22.5. The van der Waals surface area contributed by atoms with Crippen molar-refractivity contribution in [2.75, 3.05) is 20.7 Å². The van der Waals surface area contributed by atoms with Gasteiger partial charge in [-0.15, -0.1) is 0 Å². The number of benzene rings is 1. The van der Waals surface area contributed by atoms with E-state index in [0.29, 0.717) is 18.6 Å². The molecule has 0 unspecified atom stereocenters. The van der Waals surface area contributed by atoms with Gasteiger partial charge in [0.05, 0.1) is 6.61 Å². The van der Waals surface area contributed by atoms with Gasteiger partial charge in [-0.25, -0.2) is 0 Å². The summed E-state index contributed by atoms with van der Waals surface area (Å²) in [6.45, 7) is 2.72. The van der Waals surface area contributed by atoms with Crippen molar-refractivity contribution in [3.8, 4) is 5.75 Å². The van der Waals surface area contributed by atoms with Gasteiger partial charge in [-0.1, -0.05) is 12.1 Å². The van der Waals surface area contributed by atoms with E-state index in [1.165, 1.54) is 5.56 Å². The summed E-state index contributed by atoms with van der Waals surface area (Å²) >= 11 is 0. The smallest absolute Gasteiger partial charge is 0.190 e. The first-order valence-corrected chi connectivity index (χ1v) is 6.42. The molecule has 0 heterocycles. The van der Waals surface area contributed by atoms with Gasteiger partial charge in [0.1, 0.15) is 5.75 Å². The molecule has 0 aromatic heterocycles. The van der Waals surface area contributed by atoms with Crippen LogP contribution in [0.2, 0.25) is 0 Å². The van der Waals surface area contributed by atoms with Crippen molar-refractivity contribution >= 4 is 5.96 Å². The molecule has 0 aliphatic heterocycles. The van der Waals surface area contributed by atoms with Crippen LogP contribution >= 0.6 is 0 Å². The second-order valence-corrected chi connectivity index (χ2v) is 4.42. The summed E-state index contributed by atoms with van der Waals surface area (Å²) in [4.78, 5) is 4.13. The van der Waals surface area contributed by atoms with Crippen molar-refractivity contribution in [2.24, 2.45) is 4.99 Å². The Morgan fingerprint density at radius 1 is 1.50 bits per heavy atom. The predicted molar refractivity (Wildman–Crippen MR) is 74.3 cm³/mol. The maximum Gasteiger partial charge on any atom is 0.190 e. The van der Waals surface area contributed by atoms with E-state index < -0.39 is 0 Å². The van der Waals surface area contributed by atoms with Crippen molar-refractivity contribution in [2.45, 2.75) is 25.3 Å². The number of guanidine groups is 1. The summed E-state index contributed by atoms with van der Waals surface area (Å²) in [7, 11) is 3.66. The first-order valence-electron chi connectivity index (χ1n) is 6.42. The standard InChI is InChI=1S/C14H21N3O/c1-4-18-11-7-5-6-10(8-11)12-9-13(12)17-14(15-2)16-3/h5-8,12-13H,4,9H2,1-3H3,(H2,15,16,17)/t12-,13+/m0/s1. The number of ether oxygens (including phenoxy) is 1. The molecule has 2 N–H and O–H groups in total. The quantitative estimate of drug-likeness (QED) is 0.629. The van der Waals surface area contributed by atoms with Crippen LogP contribution in [0.3, 0.4) is 0 Å². The third kappa shape index (κ3) is 2.94. The van der Waals surface area contributed by atoms with Crippen LogP contribution in [0.25, 0.3) is 0 Å². The van der Waals surface area contributed by atoms with E-state index in [1.54, 1.807) is 7.05 Å². The van der Waals surface area contributed by atoms with Gasteiger partial charge in [-0.3, -0.25) is 4.99 Å². The SMILES string of the molecule is CCOc1cccc([C@@H]2C[C@H]2NC(=NC)NC)c1. The molecule has 1 fully saturated rings. The first kappa shape index (κ1) is 12.7. The van der Waals surface area contributed by atoms with Gasteiger partial charge in [0.25, 0.3) is 0 Å². The summed E-state index contributed by atoms with van der Waals surface area (Å²) in [6.07, 6.45) is 1.15. The zero-order chi connectivity index (χ0) is 13.0. The molecule has 2 atom stereocenters. The van der Waals surface area contributed by atoms with Crippen LogP contribution < -0.4 is 15.4 Å². The second-order valence-electron chi connectivity index (χ2n) is 4.42. The van der Waals surface area contributed by atoms with Gasteiger partial charge < -0.3 is 15.4 Å². The molecule has 0 saturated heterocycles. The number of nitrogens with one attached hydrogen (secondary N) is 2. The minimum Gasteiger partial charge on any atom is -0.494 e. The van der Waals surface area contributed by atoms with Crippen LogP contribution in [0.1, 0.15) is 24.8 Å². The molecule has 1 aromatic carbocycles. The zero-order valence-electron chi connectivity index (χ0n) is 11.2. The van der Waals surface area contributed by atoms with Crippen molar-refractivity contribution in [1.29, 1.82) is 0 Å². The molecular weight excluding hydrogens is 226 g/mol. The number of hydrogen-bond acceptors (Lipinski definition) is 2. The summed E-state index contributed by atoms with van der Waals surface area (Å²) in [5.41, 5.74) is 1.34. The highest BCUT2D eigenvalue weighted by Gasteiger charge is 2.39. The molecule has 1 aliphatic carbocycles. The summed E-state index contributed by atoms with van der Waals surface area (Å²) in [6, 6.07) is 8.84. The molecule has 0 radical (unpaired) electrons. The molecule has 18 heavy (non-hydrogen) atoms. The highest BCUT2D eigenvalue weighted by molar-refractivity contribution is 5.80. The highest BCUT2D eigenvalue weighted by atomic mass is 16.5. The molecule has 0 bridgehead atoms. The molecular formula is C14H21N3O.